The number of nitrogens with one attached hydrogen (secondary N) is 1. The van der Waals surface area contributed by atoms with Crippen LogP contribution in [0.15, 0.2) is 24.3 Å². The zero-order chi connectivity index (χ0) is 15.3. The van der Waals surface area contributed by atoms with Crippen molar-refractivity contribution in [3.8, 4) is 0 Å². The second-order valence-electron chi connectivity index (χ2n) is 5.73. The van der Waals surface area contributed by atoms with Crippen LogP contribution in [0.1, 0.15) is 29.5 Å². The number of ether oxygens (including phenoxy) is 1. The van der Waals surface area contributed by atoms with Crippen LogP contribution in [0.3, 0.4) is 0 Å². The number of hydrogen-bond acceptors (Lipinski definition) is 3. The topological polar surface area (TPSA) is 58.6 Å². The van der Waals surface area contributed by atoms with Crippen molar-refractivity contribution < 1.29 is 14.6 Å². The van der Waals surface area contributed by atoms with Gasteiger partial charge in [-0.25, -0.2) is 0 Å². The summed E-state index contributed by atoms with van der Waals surface area (Å²) in [5.74, 6) is -0.175. The maximum atomic E-state index is 12.1. The first-order valence-corrected chi connectivity index (χ1v) is 7.31. The highest BCUT2D eigenvalue weighted by Gasteiger charge is 2.32. The van der Waals surface area contributed by atoms with E-state index in [2.05, 4.69) is 11.4 Å². The first kappa shape index (κ1) is 15.7. The van der Waals surface area contributed by atoms with Crippen LogP contribution in [0.2, 0.25) is 0 Å². The largest absolute Gasteiger partial charge is 0.394 e. The molecule has 0 bridgehead atoms. The fraction of sp³-hybridized carbons (Fsp3) is 0.471. The number of carbonyl (C=O) groups is 1. The molecule has 1 amide bonds. The Bertz CT molecular complexity index is 531. The van der Waals surface area contributed by atoms with Gasteiger partial charge in [0.1, 0.15) is 0 Å². The minimum atomic E-state index is -0.540. The van der Waals surface area contributed by atoms with E-state index >= 15 is 0 Å². The third kappa shape index (κ3) is 4.16. The third-order valence-electron chi connectivity index (χ3n) is 3.98. The van der Waals surface area contributed by atoms with E-state index in [0.29, 0.717) is 26.1 Å². The minimum absolute atomic E-state index is 0.0561. The van der Waals surface area contributed by atoms with E-state index in [9.17, 15) is 9.90 Å². The molecule has 1 aromatic rings. The van der Waals surface area contributed by atoms with Crippen molar-refractivity contribution in [2.45, 2.75) is 32.2 Å². The molecule has 2 N–H and O–H groups in total. The van der Waals surface area contributed by atoms with Crippen molar-refractivity contribution in [1.29, 1.82) is 0 Å². The van der Waals surface area contributed by atoms with Crippen molar-refractivity contribution >= 4 is 12.0 Å². The molecular formula is C17H23NO3. The average molecular weight is 289 g/mol. The molecule has 0 spiro atoms. The summed E-state index contributed by atoms with van der Waals surface area (Å²) in [5, 5.41) is 12.5. The number of rotatable bonds is 4. The second kappa shape index (κ2) is 6.87. The van der Waals surface area contributed by atoms with Gasteiger partial charge in [-0.05, 0) is 43.9 Å². The number of benzene rings is 1. The maximum Gasteiger partial charge on any atom is 0.244 e. The van der Waals surface area contributed by atoms with E-state index in [1.807, 2.05) is 32.1 Å². The molecule has 1 heterocycles. The molecule has 0 saturated carbocycles. The predicted molar refractivity (Wildman–Crippen MR) is 83.0 cm³/mol. The van der Waals surface area contributed by atoms with Gasteiger partial charge in [-0.15, -0.1) is 0 Å². The van der Waals surface area contributed by atoms with Crippen LogP contribution in [0.4, 0.5) is 0 Å². The molecule has 0 atom stereocenters. The van der Waals surface area contributed by atoms with Crippen LogP contribution < -0.4 is 5.32 Å². The molecule has 1 fully saturated rings. The van der Waals surface area contributed by atoms with Crippen LogP contribution in [-0.2, 0) is 9.53 Å². The van der Waals surface area contributed by atoms with Gasteiger partial charge in [0.2, 0.25) is 5.91 Å². The average Bonchev–Trinajstić information content (AvgIpc) is 2.47. The van der Waals surface area contributed by atoms with Crippen LogP contribution in [0, 0.1) is 13.8 Å². The van der Waals surface area contributed by atoms with Crippen molar-refractivity contribution in [3.63, 3.8) is 0 Å². The van der Waals surface area contributed by atoms with Crippen LogP contribution in [0.25, 0.3) is 6.08 Å². The Labute approximate surface area is 125 Å². The zero-order valence-electron chi connectivity index (χ0n) is 12.7. The molecule has 0 unspecified atom stereocenters. The lowest BCUT2D eigenvalue weighted by Crippen LogP contribution is -2.54. The molecule has 2 rings (SSSR count). The molecule has 1 aliphatic heterocycles. The first-order chi connectivity index (χ1) is 10.0. The molecule has 1 saturated heterocycles. The first-order valence-electron chi connectivity index (χ1n) is 7.31. The molecular weight excluding hydrogens is 266 g/mol. The second-order valence-corrected chi connectivity index (χ2v) is 5.73. The fourth-order valence-corrected chi connectivity index (χ4v) is 2.57. The summed E-state index contributed by atoms with van der Waals surface area (Å²) in [6.45, 7) is 5.16. The third-order valence-corrected chi connectivity index (χ3v) is 3.98. The van der Waals surface area contributed by atoms with Crippen molar-refractivity contribution in [3.05, 3.63) is 41.0 Å². The van der Waals surface area contributed by atoms with E-state index in [1.165, 1.54) is 11.6 Å². The Morgan fingerprint density at radius 2 is 2.10 bits per heavy atom. The van der Waals surface area contributed by atoms with Crippen molar-refractivity contribution in [1.82, 2.24) is 5.32 Å². The fourth-order valence-electron chi connectivity index (χ4n) is 2.57. The molecule has 0 radical (unpaired) electrons. The summed E-state index contributed by atoms with van der Waals surface area (Å²) < 4.78 is 5.28. The standard InChI is InChI=1S/C17H23NO3/c1-13-3-4-15(14(2)11-13)5-6-16(20)18-17(12-19)7-9-21-10-8-17/h3-6,11,19H,7-10,12H2,1-2H3,(H,18,20)/b6-5+. The SMILES string of the molecule is Cc1ccc(/C=C/C(=O)NC2(CO)CCOCC2)c(C)c1. The molecule has 114 valence electrons. The van der Waals surface area contributed by atoms with Gasteiger partial charge in [0, 0.05) is 19.3 Å². The lowest BCUT2D eigenvalue weighted by Gasteiger charge is -2.35. The van der Waals surface area contributed by atoms with E-state index in [1.54, 1.807) is 0 Å². The van der Waals surface area contributed by atoms with Gasteiger partial charge in [-0.2, -0.15) is 0 Å². The number of aliphatic hydroxyl groups is 1. The highest BCUT2D eigenvalue weighted by atomic mass is 16.5. The molecule has 1 aliphatic rings. The van der Waals surface area contributed by atoms with Crippen LogP contribution >= 0.6 is 0 Å². The summed E-state index contributed by atoms with van der Waals surface area (Å²) in [6, 6.07) is 6.12. The van der Waals surface area contributed by atoms with Crippen LogP contribution in [-0.4, -0.2) is 36.4 Å². The zero-order valence-corrected chi connectivity index (χ0v) is 12.7. The lowest BCUT2D eigenvalue weighted by atomic mass is 9.91. The van der Waals surface area contributed by atoms with Gasteiger partial charge in [-0.3, -0.25) is 4.79 Å². The smallest absolute Gasteiger partial charge is 0.244 e. The number of aryl methyl sites for hydroxylation is 2. The number of hydrogen-bond donors (Lipinski definition) is 2. The Hall–Kier alpha value is -1.65. The van der Waals surface area contributed by atoms with E-state index < -0.39 is 5.54 Å². The summed E-state index contributed by atoms with van der Waals surface area (Å²) >= 11 is 0. The van der Waals surface area contributed by atoms with E-state index in [0.717, 1.165) is 11.1 Å². The summed E-state index contributed by atoms with van der Waals surface area (Å²) in [5.41, 5.74) is 2.83. The van der Waals surface area contributed by atoms with E-state index in [-0.39, 0.29) is 12.5 Å². The Balaban J connectivity index is 2.01. The van der Waals surface area contributed by atoms with Gasteiger partial charge >= 0.3 is 0 Å². The Morgan fingerprint density at radius 1 is 1.38 bits per heavy atom. The summed E-state index contributed by atoms with van der Waals surface area (Å²) in [4.78, 5) is 12.1. The molecule has 4 nitrogen and oxygen atoms in total. The van der Waals surface area contributed by atoms with Gasteiger partial charge in [0.05, 0.1) is 12.1 Å². The highest BCUT2D eigenvalue weighted by Crippen LogP contribution is 2.20. The normalized spacial score (nSPS) is 17.9. The van der Waals surface area contributed by atoms with Gasteiger partial charge in [-0.1, -0.05) is 23.8 Å². The lowest BCUT2D eigenvalue weighted by molar-refractivity contribution is -0.120. The minimum Gasteiger partial charge on any atom is -0.394 e. The maximum absolute atomic E-state index is 12.1. The molecule has 0 aliphatic carbocycles. The Kier molecular flexibility index (Phi) is 5.15. The quantitative estimate of drug-likeness (QED) is 0.833. The molecule has 1 aromatic carbocycles. The van der Waals surface area contributed by atoms with Crippen molar-refractivity contribution in [2.24, 2.45) is 0 Å². The molecule has 21 heavy (non-hydrogen) atoms. The van der Waals surface area contributed by atoms with Crippen molar-refractivity contribution in [2.75, 3.05) is 19.8 Å². The summed E-state index contributed by atoms with van der Waals surface area (Å²) in [7, 11) is 0. The van der Waals surface area contributed by atoms with Crippen LogP contribution in [0.5, 0.6) is 0 Å². The number of amides is 1. The van der Waals surface area contributed by atoms with Gasteiger partial charge < -0.3 is 15.2 Å². The predicted octanol–water partition coefficient (Wildman–Crippen LogP) is 1.97. The van der Waals surface area contributed by atoms with Gasteiger partial charge in [0.15, 0.2) is 0 Å². The van der Waals surface area contributed by atoms with E-state index in [4.69, 9.17) is 4.74 Å². The number of carbonyl (C=O) groups excluding carboxylic acids is 1. The summed E-state index contributed by atoms with van der Waals surface area (Å²) in [6.07, 6.45) is 4.64. The molecule has 4 heteroatoms. The monoisotopic (exact) mass is 289 g/mol. The molecule has 0 aromatic heterocycles. The Morgan fingerprint density at radius 3 is 2.71 bits per heavy atom. The van der Waals surface area contributed by atoms with Gasteiger partial charge in [0.25, 0.3) is 0 Å². The number of aliphatic hydroxyl groups excluding tert-OH is 1. The highest BCUT2D eigenvalue weighted by molar-refractivity contribution is 5.92.